The molecule has 126 valence electrons. The molecule has 0 saturated carbocycles. The highest BCUT2D eigenvalue weighted by Gasteiger charge is 2.16. The lowest BCUT2D eigenvalue weighted by atomic mass is 10.2. The fraction of sp³-hybridized carbons (Fsp3) is 0.235. The molecule has 0 aromatic heterocycles. The van der Waals surface area contributed by atoms with Crippen molar-refractivity contribution >= 4 is 27.3 Å². The number of carbonyl (C=O) groups is 1. The highest BCUT2D eigenvalue weighted by molar-refractivity contribution is 7.92. The number of hydrogen-bond acceptors (Lipinski definition) is 4. The first kappa shape index (κ1) is 16.3. The quantitative estimate of drug-likeness (QED) is 0.871. The molecular weight excluding hydrogens is 328 g/mol. The van der Waals surface area contributed by atoms with E-state index in [9.17, 15) is 13.2 Å². The molecule has 2 N–H and O–H groups in total. The maximum Gasteiger partial charge on any atom is 0.233 e. The van der Waals surface area contributed by atoms with Crippen molar-refractivity contribution in [3.8, 4) is 5.75 Å². The van der Waals surface area contributed by atoms with Gasteiger partial charge < -0.3 is 10.1 Å². The second kappa shape index (κ2) is 6.92. The largest absolute Gasteiger partial charge is 0.491 e. The van der Waals surface area contributed by atoms with Crippen molar-refractivity contribution < 1.29 is 17.9 Å². The zero-order valence-corrected chi connectivity index (χ0v) is 13.8. The molecule has 3 rings (SSSR count). The van der Waals surface area contributed by atoms with E-state index >= 15 is 0 Å². The van der Waals surface area contributed by atoms with Gasteiger partial charge in [-0.2, -0.15) is 0 Å². The number of aryl methyl sites for hydroxylation is 1. The molecule has 1 heterocycles. The van der Waals surface area contributed by atoms with Crippen molar-refractivity contribution in [2.75, 3.05) is 22.4 Å². The van der Waals surface area contributed by atoms with Crippen LogP contribution in [0.25, 0.3) is 0 Å². The molecule has 2 aromatic rings. The van der Waals surface area contributed by atoms with Crippen molar-refractivity contribution in [1.82, 2.24) is 0 Å². The van der Waals surface area contributed by atoms with E-state index in [0.717, 1.165) is 5.56 Å². The van der Waals surface area contributed by atoms with Gasteiger partial charge in [-0.25, -0.2) is 8.42 Å². The lowest BCUT2D eigenvalue weighted by Crippen LogP contribution is -2.18. The second-order valence-corrected chi connectivity index (χ2v) is 7.36. The predicted octanol–water partition coefficient (Wildman–Crippen LogP) is 2.39. The van der Waals surface area contributed by atoms with Gasteiger partial charge in [-0.3, -0.25) is 9.52 Å². The number of amides is 1. The van der Waals surface area contributed by atoms with Gasteiger partial charge in [0.25, 0.3) is 0 Å². The van der Waals surface area contributed by atoms with Crippen LogP contribution in [0.2, 0.25) is 0 Å². The van der Waals surface area contributed by atoms with Crippen molar-refractivity contribution in [1.29, 1.82) is 0 Å². The number of benzene rings is 2. The number of nitrogens with one attached hydrogen (secondary N) is 2. The number of ether oxygens (including phenoxy) is 1. The van der Waals surface area contributed by atoms with Crippen LogP contribution in [0.15, 0.2) is 48.5 Å². The van der Waals surface area contributed by atoms with Crippen molar-refractivity contribution in [3.05, 3.63) is 54.1 Å². The van der Waals surface area contributed by atoms with Gasteiger partial charge in [0.15, 0.2) is 0 Å². The Morgan fingerprint density at radius 1 is 1.12 bits per heavy atom. The number of fused-ring (bicyclic) bond motifs is 1. The molecule has 0 unspecified atom stereocenters. The first-order valence-electron chi connectivity index (χ1n) is 7.63. The van der Waals surface area contributed by atoms with Crippen LogP contribution in [0.3, 0.4) is 0 Å². The van der Waals surface area contributed by atoms with E-state index in [1.54, 1.807) is 18.2 Å². The van der Waals surface area contributed by atoms with Crippen LogP contribution in [0.4, 0.5) is 11.4 Å². The number of carbonyl (C=O) groups excluding carboxylic acids is 1. The molecule has 1 aliphatic heterocycles. The van der Waals surface area contributed by atoms with Gasteiger partial charge in [0.2, 0.25) is 15.9 Å². The fourth-order valence-electron chi connectivity index (χ4n) is 2.41. The maximum atomic E-state index is 12.2. The van der Waals surface area contributed by atoms with Gasteiger partial charge in [0.1, 0.15) is 5.75 Å². The summed E-state index contributed by atoms with van der Waals surface area (Å²) in [5.74, 6) is 0.364. The highest BCUT2D eigenvalue weighted by Crippen LogP contribution is 2.30. The summed E-state index contributed by atoms with van der Waals surface area (Å²) < 4.78 is 32.5. The Bertz CT molecular complexity index is 835. The molecule has 0 spiro atoms. The van der Waals surface area contributed by atoms with Crippen LogP contribution in [0, 0.1) is 0 Å². The van der Waals surface area contributed by atoms with Gasteiger partial charge in [-0.05, 0) is 30.2 Å². The molecule has 24 heavy (non-hydrogen) atoms. The van der Waals surface area contributed by atoms with E-state index in [1.165, 1.54) is 0 Å². The zero-order chi connectivity index (χ0) is 17.0. The fourth-order valence-corrected chi connectivity index (χ4v) is 3.50. The number of rotatable bonds is 5. The standard InChI is InChI=1S/C17H18N2O4S/c20-17-8-10-23-16-7-6-14(12-15(16)18-17)19-24(21,22)11-9-13-4-2-1-3-5-13/h1-7,12,19H,8-11H2,(H,18,20). The van der Waals surface area contributed by atoms with Crippen LogP contribution < -0.4 is 14.8 Å². The van der Waals surface area contributed by atoms with Crippen molar-refractivity contribution in [2.45, 2.75) is 12.8 Å². The number of sulfonamides is 1. The van der Waals surface area contributed by atoms with Crippen LogP contribution in [-0.4, -0.2) is 26.7 Å². The Morgan fingerprint density at radius 2 is 1.92 bits per heavy atom. The van der Waals surface area contributed by atoms with Crippen LogP contribution >= 0.6 is 0 Å². The molecule has 0 aliphatic carbocycles. The Hall–Kier alpha value is -2.54. The monoisotopic (exact) mass is 346 g/mol. The van der Waals surface area contributed by atoms with E-state index in [4.69, 9.17) is 4.74 Å². The molecule has 0 fully saturated rings. The van der Waals surface area contributed by atoms with E-state index in [-0.39, 0.29) is 18.1 Å². The Labute approximate surface area is 140 Å². The van der Waals surface area contributed by atoms with Gasteiger partial charge in [-0.15, -0.1) is 0 Å². The van der Waals surface area contributed by atoms with Gasteiger partial charge in [0, 0.05) is 0 Å². The van der Waals surface area contributed by atoms with E-state index < -0.39 is 10.0 Å². The lowest BCUT2D eigenvalue weighted by Gasteiger charge is -2.12. The molecule has 6 nitrogen and oxygen atoms in total. The van der Waals surface area contributed by atoms with Crippen molar-refractivity contribution in [3.63, 3.8) is 0 Å². The highest BCUT2D eigenvalue weighted by atomic mass is 32.2. The normalized spacial score (nSPS) is 14.1. The van der Waals surface area contributed by atoms with E-state index in [0.29, 0.717) is 30.2 Å². The van der Waals surface area contributed by atoms with Crippen molar-refractivity contribution in [2.24, 2.45) is 0 Å². The summed E-state index contributed by atoms with van der Waals surface area (Å²) in [5, 5.41) is 2.71. The summed E-state index contributed by atoms with van der Waals surface area (Å²) in [6.07, 6.45) is 0.702. The average molecular weight is 346 g/mol. The van der Waals surface area contributed by atoms with E-state index in [2.05, 4.69) is 10.0 Å². The third kappa shape index (κ3) is 4.26. The topological polar surface area (TPSA) is 84.5 Å². The Kier molecular flexibility index (Phi) is 4.71. The third-order valence-corrected chi connectivity index (χ3v) is 4.90. The molecule has 0 radical (unpaired) electrons. The molecule has 2 aromatic carbocycles. The summed E-state index contributed by atoms with van der Waals surface area (Å²) >= 11 is 0. The van der Waals surface area contributed by atoms with Crippen LogP contribution in [0.1, 0.15) is 12.0 Å². The molecule has 1 aliphatic rings. The molecule has 0 bridgehead atoms. The van der Waals surface area contributed by atoms with Gasteiger partial charge >= 0.3 is 0 Å². The van der Waals surface area contributed by atoms with Crippen LogP contribution in [-0.2, 0) is 21.2 Å². The summed E-state index contributed by atoms with van der Waals surface area (Å²) in [5.41, 5.74) is 1.83. The molecule has 0 atom stereocenters. The van der Waals surface area contributed by atoms with E-state index in [1.807, 2.05) is 30.3 Å². The predicted molar refractivity (Wildman–Crippen MR) is 92.7 cm³/mol. The average Bonchev–Trinajstić information content (AvgIpc) is 2.74. The number of hydrogen-bond donors (Lipinski definition) is 2. The first-order valence-corrected chi connectivity index (χ1v) is 9.28. The minimum atomic E-state index is -3.49. The summed E-state index contributed by atoms with van der Waals surface area (Å²) in [6, 6.07) is 14.3. The summed E-state index contributed by atoms with van der Waals surface area (Å²) in [4.78, 5) is 11.6. The zero-order valence-electron chi connectivity index (χ0n) is 13.0. The summed E-state index contributed by atoms with van der Waals surface area (Å²) in [7, 11) is -3.49. The molecule has 0 saturated heterocycles. The molecule has 1 amide bonds. The second-order valence-electron chi connectivity index (χ2n) is 5.51. The third-order valence-electron chi connectivity index (χ3n) is 3.62. The Morgan fingerprint density at radius 3 is 2.71 bits per heavy atom. The minimum Gasteiger partial charge on any atom is -0.491 e. The number of anilines is 2. The van der Waals surface area contributed by atoms with Gasteiger partial charge in [0.05, 0.1) is 30.2 Å². The lowest BCUT2D eigenvalue weighted by molar-refractivity contribution is -0.116. The van der Waals surface area contributed by atoms with Gasteiger partial charge in [-0.1, -0.05) is 30.3 Å². The summed E-state index contributed by atoms with van der Waals surface area (Å²) in [6.45, 7) is 0.307. The molecular formula is C17H18N2O4S. The Balaban J connectivity index is 1.69. The first-order chi connectivity index (χ1) is 11.5. The maximum absolute atomic E-state index is 12.2. The van der Waals surface area contributed by atoms with Crippen LogP contribution in [0.5, 0.6) is 5.75 Å². The molecule has 7 heteroatoms. The SMILES string of the molecule is O=C1CCOc2ccc(NS(=O)(=O)CCc3ccccc3)cc2N1. The minimum absolute atomic E-state index is 0.0169. The smallest absolute Gasteiger partial charge is 0.233 e.